The summed E-state index contributed by atoms with van der Waals surface area (Å²) in [5.74, 6) is 1.37. The van der Waals surface area contributed by atoms with Crippen LogP contribution in [0.4, 0.5) is 5.69 Å². The fraction of sp³-hybridized carbons (Fsp3) is 0.200. The SMILES string of the molecule is O=C(Nc1cccc2c1OCn1nnnc1-2)c1cc(-n2cnc(C3CC3)c2)ccn1. The molecule has 3 aromatic heterocycles. The van der Waals surface area contributed by atoms with Crippen LogP contribution in [-0.2, 0) is 6.73 Å². The minimum Gasteiger partial charge on any atom is -0.468 e. The molecule has 1 saturated carbocycles. The average molecular weight is 400 g/mol. The number of carbonyl (C=O) groups is 1. The maximum Gasteiger partial charge on any atom is 0.274 e. The number of aromatic nitrogens is 7. The van der Waals surface area contributed by atoms with Crippen LogP contribution in [0.15, 0.2) is 49.1 Å². The Morgan fingerprint density at radius 3 is 3.03 bits per heavy atom. The third-order valence-corrected chi connectivity index (χ3v) is 5.24. The fourth-order valence-electron chi connectivity index (χ4n) is 3.54. The number of ether oxygens (including phenoxy) is 1. The molecule has 1 aromatic carbocycles. The molecule has 30 heavy (non-hydrogen) atoms. The summed E-state index contributed by atoms with van der Waals surface area (Å²) in [4.78, 5) is 21.6. The second-order valence-corrected chi connectivity index (χ2v) is 7.29. The van der Waals surface area contributed by atoms with Crippen LogP contribution in [0.3, 0.4) is 0 Å². The van der Waals surface area contributed by atoms with Gasteiger partial charge in [0, 0.05) is 18.3 Å². The lowest BCUT2D eigenvalue weighted by atomic mass is 10.1. The number of nitrogens with one attached hydrogen (secondary N) is 1. The van der Waals surface area contributed by atoms with Crippen molar-refractivity contribution < 1.29 is 9.53 Å². The van der Waals surface area contributed by atoms with Crippen LogP contribution in [0.25, 0.3) is 17.1 Å². The van der Waals surface area contributed by atoms with Gasteiger partial charge in [0.2, 0.25) is 0 Å². The summed E-state index contributed by atoms with van der Waals surface area (Å²) in [5.41, 5.74) is 3.48. The highest BCUT2D eigenvalue weighted by atomic mass is 16.5. The summed E-state index contributed by atoms with van der Waals surface area (Å²) < 4.78 is 9.24. The molecule has 0 saturated heterocycles. The molecule has 4 aromatic rings. The molecule has 4 heterocycles. The topological polar surface area (TPSA) is 113 Å². The van der Waals surface area contributed by atoms with Crippen molar-refractivity contribution in [1.82, 2.24) is 34.7 Å². The van der Waals surface area contributed by atoms with E-state index in [1.165, 1.54) is 12.8 Å². The number of anilines is 1. The monoisotopic (exact) mass is 400 g/mol. The Labute approximate surface area is 170 Å². The second-order valence-electron chi connectivity index (χ2n) is 7.29. The Bertz CT molecular complexity index is 1270. The Hall–Kier alpha value is -4.08. The Morgan fingerprint density at radius 2 is 2.13 bits per heavy atom. The molecule has 0 radical (unpaired) electrons. The zero-order valence-corrected chi connectivity index (χ0v) is 15.8. The summed E-state index contributed by atoms with van der Waals surface area (Å²) >= 11 is 0. The van der Waals surface area contributed by atoms with E-state index in [0.29, 0.717) is 28.9 Å². The van der Waals surface area contributed by atoms with E-state index >= 15 is 0 Å². The standard InChI is InChI=1S/C20H16N8O2/c29-20(16-8-13(6-7-21-16)27-9-17(22-10-27)12-4-5-12)23-15-3-1-2-14-18(15)30-11-28-19(14)24-25-26-28/h1-3,6-10,12H,4-5,11H2,(H,23,29). The number of pyridine rings is 1. The van der Waals surface area contributed by atoms with Gasteiger partial charge in [-0.25, -0.2) is 4.98 Å². The van der Waals surface area contributed by atoms with Gasteiger partial charge in [-0.15, -0.1) is 5.10 Å². The molecular weight excluding hydrogens is 384 g/mol. The molecule has 6 rings (SSSR count). The Morgan fingerprint density at radius 1 is 1.20 bits per heavy atom. The number of carbonyl (C=O) groups excluding carboxylic acids is 1. The Kier molecular flexibility index (Phi) is 3.63. The lowest BCUT2D eigenvalue weighted by Gasteiger charge is -2.20. The van der Waals surface area contributed by atoms with Crippen LogP contribution >= 0.6 is 0 Å². The zero-order chi connectivity index (χ0) is 20.1. The van der Waals surface area contributed by atoms with Crippen LogP contribution in [0.1, 0.15) is 34.9 Å². The van der Waals surface area contributed by atoms with Gasteiger partial charge in [0.15, 0.2) is 18.3 Å². The first-order chi connectivity index (χ1) is 14.8. The van der Waals surface area contributed by atoms with Crippen LogP contribution in [0.2, 0.25) is 0 Å². The molecule has 148 valence electrons. The van der Waals surface area contributed by atoms with Gasteiger partial charge in [-0.05, 0) is 47.5 Å². The van der Waals surface area contributed by atoms with Crippen molar-refractivity contribution in [3.05, 3.63) is 60.4 Å². The minimum atomic E-state index is -0.332. The van der Waals surface area contributed by atoms with Crippen molar-refractivity contribution in [1.29, 1.82) is 0 Å². The predicted octanol–water partition coefficient (Wildman–Crippen LogP) is 2.40. The molecule has 2 aliphatic rings. The molecular formula is C20H16N8O2. The largest absolute Gasteiger partial charge is 0.468 e. The summed E-state index contributed by atoms with van der Waals surface area (Å²) in [5, 5.41) is 14.5. The van der Waals surface area contributed by atoms with Gasteiger partial charge in [0.1, 0.15) is 5.69 Å². The molecule has 1 N–H and O–H groups in total. The summed E-state index contributed by atoms with van der Waals surface area (Å²) in [6.45, 7) is 0.180. The van der Waals surface area contributed by atoms with Gasteiger partial charge in [-0.2, -0.15) is 4.68 Å². The van der Waals surface area contributed by atoms with Crippen molar-refractivity contribution in [2.24, 2.45) is 0 Å². The average Bonchev–Trinajstić information content (AvgIpc) is 3.31. The third-order valence-electron chi connectivity index (χ3n) is 5.24. The van der Waals surface area contributed by atoms with E-state index in [2.05, 4.69) is 30.8 Å². The van der Waals surface area contributed by atoms with Crippen molar-refractivity contribution >= 4 is 11.6 Å². The molecule has 1 amide bonds. The highest BCUT2D eigenvalue weighted by molar-refractivity contribution is 6.04. The number of para-hydroxylation sites is 1. The number of hydrogen-bond acceptors (Lipinski definition) is 7. The van der Waals surface area contributed by atoms with Crippen LogP contribution in [0.5, 0.6) is 5.75 Å². The van der Waals surface area contributed by atoms with Gasteiger partial charge in [0.25, 0.3) is 5.91 Å². The van der Waals surface area contributed by atoms with Crippen molar-refractivity contribution in [3.63, 3.8) is 0 Å². The summed E-state index contributed by atoms with van der Waals surface area (Å²) in [6.07, 6.45) is 7.79. The van der Waals surface area contributed by atoms with E-state index in [0.717, 1.165) is 16.9 Å². The zero-order valence-electron chi connectivity index (χ0n) is 15.8. The van der Waals surface area contributed by atoms with E-state index < -0.39 is 0 Å². The first-order valence-corrected chi connectivity index (χ1v) is 9.60. The van der Waals surface area contributed by atoms with E-state index in [4.69, 9.17) is 4.74 Å². The second kappa shape index (κ2) is 6.48. The number of fused-ring (bicyclic) bond motifs is 3. The van der Waals surface area contributed by atoms with E-state index in [-0.39, 0.29) is 12.6 Å². The van der Waals surface area contributed by atoms with E-state index in [1.807, 2.05) is 29.0 Å². The normalized spacial score (nSPS) is 14.5. The van der Waals surface area contributed by atoms with E-state index in [1.54, 1.807) is 29.3 Å². The van der Waals surface area contributed by atoms with Gasteiger partial charge in [-0.1, -0.05) is 6.07 Å². The maximum atomic E-state index is 12.9. The summed E-state index contributed by atoms with van der Waals surface area (Å²) in [7, 11) is 0. The number of imidazole rings is 1. The number of hydrogen-bond donors (Lipinski definition) is 1. The van der Waals surface area contributed by atoms with Crippen molar-refractivity contribution in [3.8, 4) is 22.8 Å². The van der Waals surface area contributed by atoms with Crippen LogP contribution < -0.4 is 10.1 Å². The minimum absolute atomic E-state index is 0.180. The molecule has 1 aliphatic heterocycles. The van der Waals surface area contributed by atoms with Gasteiger partial charge in [0.05, 0.1) is 29.0 Å². The van der Waals surface area contributed by atoms with Gasteiger partial charge < -0.3 is 14.6 Å². The number of nitrogens with zero attached hydrogens (tertiary/aromatic N) is 7. The highest BCUT2D eigenvalue weighted by Crippen LogP contribution is 2.39. The smallest absolute Gasteiger partial charge is 0.274 e. The van der Waals surface area contributed by atoms with Crippen LogP contribution in [-0.4, -0.2) is 40.6 Å². The fourth-order valence-corrected chi connectivity index (χ4v) is 3.54. The number of rotatable bonds is 4. The molecule has 0 atom stereocenters. The lowest BCUT2D eigenvalue weighted by Crippen LogP contribution is -2.18. The molecule has 10 nitrogen and oxygen atoms in total. The van der Waals surface area contributed by atoms with Crippen molar-refractivity contribution in [2.45, 2.75) is 25.5 Å². The molecule has 1 fully saturated rings. The first kappa shape index (κ1) is 16.8. The predicted molar refractivity (Wildman–Crippen MR) is 105 cm³/mol. The van der Waals surface area contributed by atoms with Gasteiger partial charge >= 0.3 is 0 Å². The lowest BCUT2D eigenvalue weighted by molar-refractivity contribution is 0.102. The van der Waals surface area contributed by atoms with Crippen LogP contribution in [0, 0.1) is 0 Å². The maximum absolute atomic E-state index is 12.9. The Balaban J connectivity index is 1.28. The number of tetrazole rings is 1. The third kappa shape index (κ3) is 2.81. The molecule has 1 aliphatic carbocycles. The molecule has 0 spiro atoms. The summed E-state index contributed by atoms with van der Waals surface area (Å²) in [6, 6.07) is 9.03. The molecule has 10 heteroatoms. The van der Waals surface area contributed by atoms with Crippen molar-refractivity contribution in [2.75, 3.05) is 5.32 Å². The quantitative estimate of drug-likeness (QED) is 0.560. The van der Waals surface area contributed by atoms with Gasteiger partial charge in [-0.3, -0.25) is 9.78 Å². The highest BCUT2D eigenvalue weighted by Gasteiger charge is 2.26. The molecule has 0 unspecified atom stereocenters. The van der Waals surface area contributed by atoms with E-state index in [9.17, 15) is 4.79 Å². The molecule has 0 bridgehead atoms. The first-order valence-electron chi connectivity index (χ1n) is 9.60. The number of amides is 1. The number of benzene rings is 1.